The average Bonchev–Trinajstić information content (AvgIpc) is 2.94. The smallest absolute Gasteiger partial charge is 0.240 e. The minimum Gasteiger partial charge on any atom is -0.421 e. The van der Waals surface area contributed by atoms with E-state index < -0.39 is 0 Å². The quantitative estimate of drug-likeness (QED) is 0.587. The van der Waals surface area contributed by atoms with Crippen LogP contribution in [0.3, 0.4) is 0 Å². The third-order valence-corrected chi connectivity index (χ3v) is 4.11. The van der Waals surface area contributed by atoms with Gasteiger partial charge < -0.3 is 4.42 Å². The molecular formula is C18H14BrClN2O. The number of hydrogen-bond acceptors (Lipinski definition) is 3. The molecule has 1 aromatic heterocycles. The highest BCUT2D eigenvalue weighted by molar-refractivity contribution is 9.10. The highest BCUT2D eigenvalue weighted by Gasteiger charge is 2.05. The van der Waals surface area contributed by atoms with Gasteiger partial charge in [0.15, 0.2) is 0 Å². The third-order valence-electron chi connectivity index (χ3n) is 3.29. The summed E-state index contributed by atoms with van der Waals surface area (Å²) in [4.78, 5) is 0. The fourth-order valence-corrected chi connectivity index (χ4v) is 2.90. The summed E-state index contributed by atoms with van der Waals surface area (Å²) in [6, 6.07) is 13.9. The molecule has 0 aliphatic heterocycles. The highest BCUT2D eigenvalue weighted by atomic mass is 79.9. The van der Waals surface area contributed by atoms with Crippen LogP contribution in [-0.4, -0.2) is 10.2 Å². The van der Waals surface area contributed by atoms with Crippen molar-refractivity contribution in [3.8, 4) is 0 Å². The molecule has 0 aliphatic carbocycles. The molecule has 0 bridgehead atoms. The third kappa shape index (κ3) is 4.30. The van der Waals surface area contributed by atoms with Crippen molar-refractivity contribution in [2.45, 2.75) is 13.3 Å². The summed E-state index contributed by atoms with van der Waals surface area (Å²) >= 11 is 9.65. The lowest BCUT2D eigenvalue weighted by Crippen LogP contribution is -1.87. The normalized spacial score (nSPS) is 11.3. The van der Waals surface area contributed by atoms with Gasteiger partial charge in [0, 0.05) is 15.6 Å². The fourth-order valence-electron chi connectivity index (χ4n) is 2.16. The molecule has 23 heavy (non-hydrogen) atoms. The first-order valence-electron chi connectivity index (χ1n) is 7.11. The summed E-state index contributed by atoms with van der Waals surface area (Å²) in [6.07, 6.45) is 4.25. The lowest BCUT2D eigenvalue weighted by molar-refractivity contribution is 0.496. The van der Waals surface area contributed by atoms with Crippen LogP contribution in [0.5, 0.6) is 0 Å². The van der Waals surface area contributed by atoms with Crippen LogP contribution < -0.4 is 0 Å². The van der Waals surface area contributed by atoms with E-state index in [2.05, 4.69) is 26.1 Å². The van der Waals surface area contributed by atoms with E-state index in [4.69, 9.17) is 16.0 Å². The van der Waals surface area contributed by atoms with Crippen LogP contribution in [0.1, 0.15) is 28.5 Å². The highest BCUT2D eigenvalue weighted by Crippen LogP contribution is 2.20. The molecule has 0 aliphatic rings. The zero-order chi connectivity index (χ0) is 16.2. The topological polar surface area (TPSA) is 38.9 Å². The van der Waals surface area contributed by atoms with Gasteiger partial charge in [0.1, 0.15) is 0 Å². The van der Waals surface area contributed by atoms with Crippen LogP contribution >= 0.6 is 27.5 Å². The maximum absolute atomic E-state index is 6.20. The number of aryl methyl sites for hydroxylation is 1. The Labute approximate surface area is 148 Å². The number of hydrogen-bond donors (Lipinski definition) is 0. The second-order valence-electron chi connectivity index (χ2n) is 5.20. The second-order valence-corrected chi connectivity index (χ2v) is 6.52. The van der Waals surface area contributed by atoms with E-state index in [1.807, 2.05) is 55.5 Å². The van der Waals surface area contributed by atoms with E-state index in [0.717, 1.165) is 21.2 Å². The zero-order valence-electron chi connectivity index (χ0n) is 12.5. The fraction of sp³-hybridized carbons (Fsp3) is 0.111. The minimum absolute atomic E-state index is 0.464. The average molecular weight is 390 g/mol. The van der Waals surface area contributed by atoms with Crippen LogP contribution in [0.2, 0.25) is 5.02 Å². The first-order chi connectivity index (χ1) is 11.1. The molecule has 5 heteroatoms. The summed E-state index contributed by atoms with van der Waals surface area (Å²) in [7, 11) is 0. The van der Waals surface area contributed by atoms with E-state index in [1.54, 1.807) is 6.08 Å². The summed E-state index contributed by atoms with van der Waals surface area (Å²) < 4.78 is 6.68. The Kier molecular flexibility index (Phi) is 4.94. The number of benzene rings is 2. The molecule has 0 radical (unpaired) electrons. The van der Waals surface area contributed by atoms with E-state index in [9.17, 15) is 0 Å². The molecule has 0 spiro atoms. The van der Waals surface area contributed by atoms with E-state index in [0.29, 0.717) is 23.2 Å². The zero-order valence-corrected chi connectivity index (χ0v) is 14.8. The lowest BCUT2D eigenvalue weighted by atomic mass is 10.1. The molecule has 0 amide bonds. The largest absolute Gasteiger partial charge is 0.421 e. The van der Waals surface area contributed by atoms with Gasteiger partial charge in [-0.2, -0.15) is 0 Å². The van der Waals surface area contributed by atoms with Crippen LogP contribution in [-0.2, 0) is 6.42 Å². The molecule has 3 rings (SSSR count). The Morgan fingerprint density at radius 2 is 2.00 bits per heavy atom. The molecule has 2 aromatic carbocycles. The Morgan fingerprint density at radius 3 is 2.78 bits per heavy atom. The van der Waals surface area contributed by atoms with Crippen LogP contribution in [0.15, 0.2) is 51.4 Å². The Bertz CT molecular complexity index is 858. The molecule has 0 atom stereocenters. The Hall–Kier alpha value is -1.91. The number of aromatic nitrogens is 2. The molecule has 3 aromatic rings. The van der Waals surface area contributed by atoms with Gasteiger partial charge in [-0.3, -0.25) is 0 Å². The van der Waals surface area contributed by atoms with E-state index in [-0.39, 0.29) is 0 Å². The van der Waals surface area contributed by atoms with Gasteiger partial charge in [0.05, 0.1) is 6.42 Å². The molecule has 116 valence electrons. The second kappa shape index (κ2) is 7.11. The molecule has 0 unspecified atom stereocenters. The van der Waals surface area contributed by atoms with Gasteiger partial charge in [0.25, 0.3) is 0 Å². The SMILES string of the molecule is Cc1ccc(/C=C/c2nnc(Cc3cccc(Br)c3)o2)c(Cl)c1. The van der Waals surface area contributed by atoms with Crippen LogP contribution in [0.4, 0.5) is 0 Å². The van der Waals surface area contributed by atoms with Crippen molar-refractivity contribution in [2.75, 3.05) is 0 Å². The first kappa shape index (κ1) is 16.0. The molecular weight excluding hydrogens is 376 g/mol. The standard InChI is InChI=1S/C18H14BrClN2O/c1-12-5-6-14(16(20)9-12)7-8-17-21-22-18(23-17)11-13-3-2-4-15(19)10-13/h2-10H,11H2,1H3/b8-7+. The van der Waals surface area contributed by atoms with Crippen molar-refractivity contribution in [3.63, 3.8) is 0 Å². The lowest BCUT2D eigenvalue weighted by Gasteiger charge is -1.98. The molecule has 0 N–H and O–H groups in total. The molecule has 0 saturated carbocycles. The monoisotopic (exact) mass is 388 g/mol. The molecule has 1 heterocycles. The number of rotatable bonds is 4. The van der Waals surface area contributed by atoms with Crippen molar-refractivity contribution in [2.24, 2.45) is 0 Å². The van der Waals surface area contributed by atoms with Gasteiger partial charge in [-0.15, -0.1) is 10.2 Å². The van der Waals surface area contributed by atoms with Gasteiger partial charge >= 0.3 is 0 Å². The van der Waals surface area contributed by atoms with Gasteiger partial charge in [-0.1, -0.05) is 51.8 Å². The Morgan fingerprint density at radius 1 is 1.13 bits per heavy atom. The van der Waals surface area contributed by atoms with Crippen molar-refractivity contribution < 1.29 is 4.42 Å². The molecule has 0 saturated heterocycles. The molecule has 3 nitrogen and oxygen atoms in total. The Balaban J connectivity index is 1.73. The summed E-state index contributed by atoms with van der Waals surface area (Å²) in [5, 5.41) is 8.82. The summed E-state index contributed by atoms with van der Waals surface area (Å²) in [6.45, 7) is 2.01. The van der Waals surface area contributed by atoms with Crippen LogP contribution in [0.25, 0.3) is 12.2 Å². The van der Waals surface area contributed by atoms with Crippen LogP contribution in [0, 0.1) is 6.92 Å². The maximum Gasteiger partial charge on any atom is 0.240 e. The van der Waals surface area contributed by atoms with Gasteiger partial charge in [0.2, 0.25) is 11.8 Å². The first-order valence-corrected chi connectivity index (χ1v) is 8.28. The van der Waals surface area contributed by atoms with Crippen molar-refractivity contribution in [1.29, 1.82) is 0 Å². The van der Waals surface area contributed by atoms with E-state index in [1.165, 1.54) is 0 Å². The number of halogens is 2. The summed E-state index contributed by atoms with van der Waals surface area (Å²) in [5.74, 6) is 1.05. The van der Waals surface area contributed by atoms with Gasteiger partial charge in [-0.25, -0.2) is 0 Å². The van der Waals surface area contributed by atoms with E-state index >= 15 is 0 Å². The van der Waals surface area contributed by atoms with Crippen molar-refractivity contribution in [3.05, 3.63) is 80.4 Å². The van der Waals surface area contributed by atoms with Gasteiger partial charge in [-0.05, 0) is 47.9 Å². The number of nitrogens with zero attached hydrogens (tertiary/aromatic N) is 2. The summed E-state index contributed by atoms with van der Waals surface area (Å²) in [5.41, 5.74) is 3.16. The predicted molar refractivity (Wildman–Crippen MR) is 96.4 cm³/mol. The van der Waals surface area contributed by atoms with Crippen molar-refractivity contribution in [1.82, 2.24) is 10.2 Å². The predicted octanol–water partition coefficient (Wildman–Crippen LogP) is 5.56. The minimum atomic E-state index is 0.464. The maximum atomic E-state index is 6.20. The molecule has 0 fully saturated rings. The van der Waals surface area contributed by atoms with Crippen molar-refractivity contribution >= 4 is 39.7 Å².